The van der Waals surface area contributed by atoms with Crippen LogP contribution in [0.3, 0.4) is 0 Å². The fourth-order valence-corrected chi connectivity index (χ4v) is 1.34. The standard InChI is InChI=1S/C9H18O3/c1-6-8(7(10)5-11-6)12-9(2,3)4/h6-8,10H,5H2,1-4H3/t6-,7?,8+/m0/s1. The van der Waals surface area contributed by atoms with Gasteiger partial charge in [-0.25, -0.2) is 0 Å². The lowest BCUT2D eigenvalue weighted by atomic mass is 10.1. The lowest BCUT2D eigenvalue weighted by molar-refractivity contribution is -0.109. The topological polar surface area (TPSA) is 38.7 Å². The van der Waals surface area contributed by atoms with Crippen molar-refractivity contribution in [1.82, 2.24) is 0 Å². The summed E-state index contributed by atoms with van der Waals surface area (Å²) in [5.41, 5.74) is -0.215. The highest BCUT2D eigenvalue weighted by Gasteiger charge is 2.36. The smallest absolute Gasteiger partial charge is 0.112 e. The van der Waals surface area contributed by atoms with Gasteiger partial charge in [0.05, 0.1) is 18.3 Å². The Labute approximate surface area is 73.7 Å². The van der Waals surface area contributed by atoms with Gasteiger partial charge in [0.1, 0.15) is 12.2 Å². The van der Waals surface area contributed by atoms with E-state index in [2.05, 4.69) is 0 Å². The molecule has 1 aliphatic heterocycles. The number of aliphatic hydroxyl groups is 1. The highest BCUT2D eigenvalue weighted by atomic mass is 16.6. The third kappa shape index (κ3) is 2.44. The predicted octanol–water partition coefficient (Wildman–Crippen LogP) is 0.950. The second-order valence-electron chi connectivity index (χ2n) is 4.30. The van der Waals surface area contributed by atoms with Crippen molar-refractivity contribution in [3.8, 4) is 0 Å². The highest BCUT2D eigenvalue weighted by molar-refractivity contribution is 4.83. The summed E-state index contributed by atoms with van der Waals surface area (Å²) >= 11 is 0. The molecule has 0 radical (unpaired) electrons. The van der Waals surface area contributed by atoms with E-state index < -0.39 is 6.10 Å². The van der Waals surface area contributed by atoms with Gasteiger partial charge in [0.2, 0.25) is 0 Å². The Bertz CT molecular complexity index is 140. The Kier molecular flexibility index (Phi) is 2.76. The van der Waals surface area contributed by atoms with Crippen LogP contribution in [0.25, 0.3) is 0 Å². The number of ether oxygens (including phenoxy) is 2. The Morgan fingerprint density at radius 3 is 2.33 bits per heavy atom. The molecule has 1 heterocycles. The van der Waals surface area contributed by atoms with E-state index in [1.54, 1.807) is 0 Å². The van der Waals surface area contributed by atoms with Gasteiger partial charge in [-0.3, -0.25) is 0 Å². The average molecular weight is 174 g/mol. The number of hydrogen-bond donors (Lipinski definition) is 1. The van der Waals surface area contributed by atoms with Gasteiger partial charge in [0.25, 0.3) is 0 Å². The zero-order valence-corrected chi connectivity index (χ0v) is 8.20. The van der Waals surface area contributed by atoms with Crippen molar-refractivity contribution in [2.75, 3.05) is 6.61 Å². The largest absolute Gasteiger partial charge is 0.388 e. The van der Waals surface area contributed by atoms with E-state index in [-0.39, 0.29) is 17.8 Å². The van der Waals surface area contributed by atoms with E-state index in [1.807, 2.05) is 27.7 Å². The molecule has 0 aliphatic carbocycles. The minimum atomic E-state index is -0.473. The second-order valence-corrected chi connectivity index (χ2v) is 4.30. The fraction of sp³-hybridized carbons (Fsp3) is 1.00. The maximum absolute atomic E-state index is 9.47. The average Bonchev–Trinajstić information content (AvgIpc) is 2.16. The third-order valence-electron chi connectivity index (χ3n) is 1.86. The van der Waals surface area contributed by atoms with Crippen LogP contribution >= 0.6 is 0 Å². The molecule has 1 rings (SSSR count). The molecule has 1 N–H and O–H groups in total. The van der Waals surface area contributed by atoms with Crippen molar-refractivity contribution < 1.29 is 14.6 Å². The van der Waals surface area contributed by atoms with E-state index in [4.69, 9.17) is 9.47 Å². The zero-order chi connectivity index (χ0) is 9.35. The van der Waals surface area contributed by atoms with Crippen molar-refractivity contribution >= 4 is 0 Å². The molecule has 0 saturated carbocycles. The van der Waals surface area contributed by atoms with Crippen molar-refractivity contribution in [2.24, 2.45) is 0 Å². The zero-order valence-electron chi connectivity index (χ0n) is 8.20. The maximum atomic E-state index is 9.47. The first-order chi connectivity index (χ1) is 5.40. The van der Waals surface area contributed by atoms with Crippen LogP contribution < -0.4 is 0 Å². The van der Waals surface area contributed by atoms with Gasteiger partial charge in [0, 0.05) is 0 Å². The fourth-order valence-electron chi connectivity index (χ4n) is 1.34. The molecular weight excluding hydrogens is 156 g/mol. The van der Waals surface area contributed by atoms with E-state index in [1.165, 1.54) is 0 Å². The van der Waals surface area contributed by atoms with Crippen LogP contribution in [0.2, 0.25) is 0 Å². The van der Waals surface area contributed by atoms with Gasteiger partial charge in [-0.15, -0.1) is 0 Å². The van der Waals surface area contributed by atoms with Crippen LogP contribution in [0, 0.1) is 0 Å². The molecule has 1 fully saturated rings. The van der Waals surface area contributed by atoms with Gasteiger partial charge in [-0.2, -0.15) is 0 Å². The molecule has 3 heteroatoms. The van der Waals surface area contributed by atoms with Crippen LogP contribution in [-0.4, -0.2) is 35.6 Å². The number of aliphatic hydroxyl groups excluding tert-OH is 1. The van der Waals surface area contributed by atoms with Crippen molar-refractivity contribution in [3.63, 3.8) is 0 Å². The quantitative estimate of drug-likeness (QED) is 0.643. The molecule has 3 atom stereocenters. The lowest BCUT2D eigenvalue weighted by Crippen LogP contribution is -2.38. The van der Waals surface area contributed by atoms with E-state index in [0.29, 0.717) is 6.61 Å². The minimum absolute atomic E-state index is 0.000718. The van der Waals surface area contributed by atoms with Crippen LogP contribution in [-0.2, 0) is 9.47 Å². The second kappa shape index (κ2) is 3.32. The van der Waals surface area contributed by atoms with Crippen molar-refractivity contribution in [1.29, 1.82) is 0 Å². The van der Waals surface area contributed by atoms with E-state index >= 15 is 0 Å². The first-order valence-electron chi connectivity index (χ1n) is 4.37. The molecule has 1 unspecified atom stereocenters. The molecule has 0 amide bonds. The number of rotatable bonds is 1. The summed E-state index contributed by atoms with van der Waals surface area (Å²) in [5, 5.41) is 9.47. The molecule has 0 bridgehead atoms. The lowest BCUT2D eigenvalue weighted by Gasteiger charge is -2.27. The molecule has 1 aliphatic rings. The van der Waals surface area contributed by atoms with Gasteiger partial charge in [0.15, 0.2) is 0 Å². The summed E-state index contributed by atoms with van der Waals surface area (Å²) in [6.45, 7) is 8.24. The maximum Gasteiger partial charge on any atom is 0.112 e. The molecular formula is C9H18O3. The van der Waals surface area contributed by atoms with Crippen molar-refractivity contribution in [3.05, 3.63) is 0 Å². The normalized spacial score (nSPS) is 37.2. The molecule has 12 heavy (non-hydrogen) atoms. The SMILES string of the molecule is C[C@@H]1OCC(O)[C@@H]1OC(C)(C)C. The molecule has 72 valence electrons. The van der Waals surface area contributed by atoms with Crippen molar-refractivity contribution in [2.45, 2.75) is 51.6 Å². The first-order valence-corrected chi connectivity index (χ1v) is 4.37. The monoisotopic (exact) mass is 174 g/mol. The predicted molar refractivity (Wildman–Crippen MR) is 46.0 cm³/mol. The summed E-state index contributed by atoms with van der Waals surface area (Å²) in [5.74, 6) is 0. The third-order valence-corrected chi connectivity index (χ3v) is 1.86. The van der Waals surface area contributed by atoms with Crippen LogP contribution in [0.1, 0.15) is 27.7 Å². The first kappa shape index (κ1) is 9.96. The molecule has 3 nitrogen and oxygen atoms in total. The van der Waals surface area contributed by atoms with Crippen LogP contribution in [0.5, 0.6) is 0 Å². The minimum Gasteiger partial charge on any atom is -0.388 e. The Morgan fingerprint density at radius 2 is 2.00 bits per heavy atom. The molecule has 0 spiro atoms. The van der Waals surface area contributed by atoms with Gasteiger partial charge in [-0.1, -0.05) is 0 Å². The number of hydrogen-bond acceptors (Lipinski definition) is 3. The van der Waals surface area contributed by atoms with E-state index in [9.17, 15) is 5.11 Å². The van der Waals surface area contributed by atoms with Gasteiger partial charge >= 0.3 is 0 Å². The van der Waals surface area contributed by atoms with Gasteiger partial charge in [-0.05, 0) is 27.7 Å². The van der Waals surface area contributed by atoms with Gasteiger partial charge < -0.3 is 14.6 Å². The van der Waals surface area contributed by atoms with Crippen LogP contribution in [0.4, 0.5) is 0 Å². The summed E-state index contributed by atoms with van der Waals surface area (Å²) in [7, 11) is 0. The Morgan fingerprint density at radius 1 is 1.42 bits per heavy atom. The summed E-state index contributed by atoms with van der Waals surface area (Å²) in [6, 6.07) is 0. The molecule has 0 aromatic rings. The Hall–Kier alpha value is -0.120. The highest BCUT2D eigenvalue weighted by Crippen LogP contribution is 2.22. The van der Waals surface area contributed by atoms with Crippen LogP contribution in [0.15, 0.2) is 0 Å². The Balaban J connectivity index is 2.50. The van der Waals surface area contributed by atoms with E-state index in [0.717, 1.165) is 0 Å². The molecule has 0 aromatic heterocycles. The molecule has 0 aromatic carbocycles. The molecule has 1 saturated heterocycles. The summed E-state index contributed by atoms with van der Waals surface area (Å²) < 4.78 is 10.9. The summed E-state index contributed by atoms with van der Waals surface area (Å²) in [4.78, 5) is 0. The summed E-state index contributed by atoms with van der Waals surface area (Å²) in [6.07, 6.45) is -0.650.